The Morgan fingerprint density at radius 3 is 2.32 bits per heavy atom. The van der Waals surface area contributed by atoms with E-state index in [-0.39, 0.29) is 0 Å². The van der Waals surface area contributed by atoms with Crippen molar-refractivity contribution in [1.29, 1.82) is 0 Å². The Labute approximate surface area is 216 Å². The van der Waals surface area contributed by atoms with Crippen molar-refractivity contribution < 1.29 is 27.8 Å². The number of aromatic amines is 1. The molecule has 3 heterocycles. The maximum atomic E-state index is 10.6. The van der Waals surface area contributed by atoms with Crippen molar-refractivity contribution in [2.24, 2.45) is 0 Å². The topological polar surface area (TPSA) is 115 Å². The fourth-order valence-electron chi connectivity index (χ4n) is 3.69. The molecule has 12 heteroatoms. The summed E-state index contributed by atoms with van der Waals surface area (Å²) in [4.78, 5) is 15.7. The number of aromatic nitrogens is 3. The first-order chi connectivity index (χ1) is 18.3. The average Bonchev–Trinajstić information content (AvgIpc) is 3.45. The van der Waals surface area contributed by atoms with Crippen molar-refractivity contribution in [3.8, 4) is 11.3 Å². The molecule has 0 bridgehead atoms. The number of hydrogen-bond donors (Lipinski definition) is 4. The third-order valence-corrected chi connectivity index (χ3v) is 5.52. The van der Waals surface area contributed by atoms with Crippen molar-refractivity contribution in [3.05, 3.63) is 79.1 Å². The van der Waals surface area contributed by atoms with Crippen molar-refractivity contribution in [2.75, 3.05) is 41.8 Å². The summed E-state index contributed by atoms with van der Waals surface area (Å²) in [5, 5.41) is 21.1. The van der Waals surface area contributed by atoms with E-state index < -0.39 is 12.1 Å². The SMILES string of the molecule is O=C(O)C(F)(F)F.c1ccc(-c2ccn[nH]2)c(Nc2ccnc(Nc3ccc(N4CCOCC4)cc3)c2)c1. The lowest BCUT2D eigenvalue weighted by atomic mass is 10.1. The van der Waals surface area contributed by atoms with Crippen LogP contribution >= 0.6 is 0 Å². The number of morpholine rings is 1. The summed E-state index contributed by atoms with van der Waals surface area (Å²) in [7, 11) is 0. The zero-order valence-corrected chi connectivity index (χ0v) is 20.1. The molecule has 1 fully saturated rings. The number of hydrogen-bond acceptors (Lipinski definition) is 7. The van der Waals surface area contributed by atoms with Gasteiger partial charge < -0.3 is 25.4 Å². The van der Waals surface area contributed by atoms with Gasteiger partial charge in [-0.25, -0.2) is 9.78 Å². The fourth-order valence-corrected chi connectivity index (χ4v) is 3.69. The van der Waals surface area contributed by atoms with Crippen LogP contribution in [0.5, 0.6) is 0 Å². The first-order valence-corrected chi connectivity index (χ1v) is 11.6. The molecule has 1 aliphatic rings. The minimum atomic E-state index is -5.08. The lowest BCUT2D eigenvalue weighted by Crippen LogP contribution is -2.36. The second kappa shape index (κ2) is 12.1. The molecule has 2 aromatic carbocycles. The van der Waals surface area contributed by atoms with Gasteiger partial charge in [0.25, 0.3) is 0 Å². The number of aliphatic carboxylic acids is 1. The molecule has 198 valence electrons. The zero-order chi connectivity index (χ0) is 27.0. The highest BCUT2D eigenvalue weighted by Crippen LogP contribution is 2.29. The fraction of sp³-hybridized carbons (Fsp3) is 0.192. The van der Waals surface area contributed by atoms with E-state index in [9.17, 15) is 13.2 Å². The number of H-pyrrole nitrogens is 1. The largest absolute Gasteiger partial charge is 0.490 e. The van der Waals surface area contributed by atoms with Crippen LogP contribution < -0.4 is 15.5 Å². The third-order valence-electron chi connectivity index (χ3n) is 5.52. The van der Waals surface area contributed by atoms with E-state index in [1.807, 2.05) is 36.4 Å². The Kier molecular flexibility index (Phi) is 8.44. The summed E-state index contributed by atoms with van der Waals surface area (Å²) < 4.78 is 37.2. The Morgan fingerprint density at radius 1 is 0.947 bits per heavy atom. The molecule has 0 amide bonds. The average molecular weight is 527 g/mol. The van der Waals surface area contributed by atoms with Gasteiger partial charge in [-0.1, -0.05) is 18.2 Å². The van der Waals surface area contributed by atoms with Gasteiger partial charge in [-0.05, 0) is 42.5 Å². The highest BCUT2D eigenvalue weighted by molar-refractivity contribution is 5.79. The minimum absolute atomic E-state index is 0.781. The highest BCUT2D eigenvalue weighted by atomic mass is 19.4. The number of carboxylic acid groups (broad SMARTS) is 1. The molecular weight excluding hydrogens is 501 g/mol. The molecule has 1 saturated heterocycles. The summed E-state index contributed by atoms with van der Waals surface area (Å²) in [6, 6.07) is 22.5. The zero-order valence-electron chi connectivity index (χ0n) is 20.1. The Morgan fingerprint density at radius 2 is 1.66 bits per heavy atom. The van der Waals surface area contributed by atoms with Crippen LogP contribution in [0.1, 0.15) is 0 Å². The summed E-state index contributed by atoms with van der Waals surface area (Å²) in [5.74, 6) is -1.98. The van der Waals surface area contributed by atoms with Gasteiger partial charge in [0.1, 0.15) is 5.82 Å². The molecule has 0 unspecified atom stereocenters. The molecule has 38 heavy (non-hydrogen) atoms. The highest BCUT2D eigenvalue weighted by Gasteiger charge is 2.38. The van der Waals surface area contributed by atoms with Crippen LogP contribution in [0, 0.1) is 0 Å². The number of benzene rings is 2. The maximum absolute atomic E-state index is 10.6. The quantitative estimate of drug-likeness (QED) is 0.263. The number of para-hydroxylation sites is 1. The number of nitrogens with one attached hydrogen (secondary N) is 3. The lowest BCUT2D eigenvalue weighted by Gasteiger charge is -2.28. The van der Waals surface area contributed by atoms with E-state index in [0.717, 1.165) is 60.4 Å². The molecule has 4 N–H and O–H groups in total. The molecule has 0 spiro atoms. The summed E-state index contributed by atoms with van der Waals surface area (Å²) in [6.45, 7) is 3.44. The summed E-state index contributed by atoms with van der Waals surface area (Å²) in [5.41, 5.74) is 6.20. The van der Waals surface area contributed by atoms with Gasteiger partial charge in [0.2, 0.25) is 0 Å². The lowest BCUT2D eigenvalue weighted by molar-refractivity contribution is -0.192. The Balaban J connectivity index is 0.000000426. The van der Waals surface area contributed by atoms with E-state index in [1.54, 1.807) is 12.4 Å². The smallest absolute Gasteiger partial charge is 0.475 e. The number of anilines is 5. The molecule has 0 saturated carbocycles. The standard InChI is InChI=1S/C24H24N6O.C2HF3O2/c1-2-4-22(21(3-1)23-10-12-26-29-23)27-19-9-11-25-24(17-19)28-18-5-7-20(8-6-18)30-13-15-31-16-14-30;3-2(4,5)1(6)7/h1-12,17H,13-16H2,(H,26,29)(H2,25,27,28);(H,6,7). The molecular formula is C26H25F3N6O3. The Bertz CT molecular complexity index is 1320. The van der Waals surface area contributed by atoms with Crippen molar-refractivity contribution >= 4 is 34.5 Å². The van der Waals surface area contributed by atoms with Crippen LogP contribution in [0.2, 0.25) is 0 Å². The Hall–Kier alpha value is -4.58. The molecule has 1 aliphatic heterocycles. The van der Waals surface area contributed by atoms with E-state index in [0.29, 0.717) is 0 Å². The van der Waals surface area contributed by atoms with Crippen LogP contribution in [0.25, 0.3) is 11.3 Å². The minimum Gasteiger partial charge on any atom is -0.475 e. The molecule has 0 radical (unpaired) electrons. The van der Waals surface area contributed by atoms with Gasteiger partial charge in [-0.3, -0.25) is 5.10 Å². The number of alkyl halides is 3. The number of carbonyl (C=O) groups is 1. The van der Waals surface area contributed by atoms with Crippen LogP contribution in [-0.4, -0.2) is 58.7 Å². The monoisotopic (exact) mass is 526 g/mol. The molecule has 9 nitrogen and oxygen atoms in total. The molecule has 0 aliphatic carbocycles. The molecule has 0 atom stereocenters. The number of halogens is 3. The number of pyridine rings is 1. The van der Waals surface area contributed by atoms with Gasteiger partial charge in [-0.2, -0.15) is 18.3 Å². The van der Waals surface area contributed by atoms with Crippen LogP contribution in [-0.2, 0) is 9.53 Å². The molecule has 4 aromatic rings. The number of ether oxygens (including phenoxy) is 1. The second-order valence-corrected chi connectivity index (χ2v) is 8.14. The van der Waals surface area contributed by atoms with E-state index in [1.165, 1.54) is 5.69 Å². The third kappa shape index (κ3) is 7.23. The summed E-state index contributed by atoms with van der Waals surface area (Å²) >= 11 is 0. The summed E-state index contributed by atoms with van der Waals surface area (Å²) in [6.07, 6.45) is -1.53. The second-order valence-electron chi connectivity index (χ2n) is 8.14. The van der Waals surface area contributed by atoms with Crippen LogP contribution in [0.4, 0.5) is 41.7 Å². The predicted octanol–water partition coefficient (Wildman–Crippen LogP) is 5.43. The first kappa shape index (κ1) is 26.5. The number of nitrogens with zero attached hydrogens (tertiary/aromatic N) is 3. The van der Waals surface area contributed by atoms with Gasteiger partial charge in [-0.15, -0.1) is 0 Å². The first-order valence-electron chi connectivity index (χ1n) is 11.6. The van der Waals surface area contributed by atoms with Gasteiger partial charge in [0.15, 0.2) is 0 Å². The number of carboxylic acids is 1. The molecule has 2 aromatic heterocycles. The van der Waals surface area contributed by atoms with Gasteiger partial charge >= 0.3 is 12.1 Å². The van der Waals surface area contributed by atoms with Gasteiger partial charge in [0.05, 0.1) is 18.9 Å². The van der Waals surface area contributed by atoms with Crippen molar-refractivity contribution in [2.45, 2.75) is 6.18 Å². The van der Waals surface area contributed by atoms with Crippen LogP contribution in [0.15, 0.2) is 79.1 Å². The van der Waals surface area contributed by atoms with E-state index in [4.69, 9.17) is 14.6 Å². The van der Waals surface area contributed by atoms with Crippen molar-refractivity contribution in [1.82, 2.24) is 15.2 Å². The molecule has 5 rings (SSSR count). The number of rotatable bonds is 6. The predicted molar refractivity (Wildman–Crippen MR) is 138 cm³/mol. The maximum Gasteiger partial charge on any atom is 0.490 e. The van der Waals surface area contributed by atoms with Gasteiger partial charge in [0, 0.05) is 59.9 Å². The van der Waals surface area contributed by atoms with E-state index >= 15 is 0 Å². The van der Waals surface area contributed by atoms with Crippen molar-refractivity contribution in [3.63, 3.8) is 0 Å². The van der Waals surface area contributed by atoms with Crippen LogP contribution in [0.3, 0.4) is 0 Å². The normalized spacial score (nSPS) is 13.3. The van der Waals surface area contributed by atoms with E-state index in [2.05, 4.69) is 61.0 Å².